The van der Waals surface area contributed by atoms with Gasteiger partial charge in [0.05, 0.1) is 5.69 Å². The molecule has 28 heavy (non-hydrogen) atoms. The van der Waals surface area contributed by atoms with Gasteiger partial charge in [-0.15, -0.1) is 0 Å². The van der Waals surface area contributed by atoms with Crippen molar-refractivity contribution >= 4 is 11.9 Å². The average Bonchev–Trinajstić information content (AvgIpc) is 3.32. The smallest absolute Gasteiger partial charge is 0.267 e. The van der Waals surface area contributed by atoms with E-state index in [0.29, 0.717) is 16.8 Å². The second kappa shape index (κ2) is 6.52. The van der Waals surface area contributed by atoms with Crippen LogP contribution in [-0.4, -0.2) is 33.8 Å². The van der Waals surface area contributed by atoms with Gasteiger partial charge in [0.25, 0.3) is 12.3 Å². The minimum atomic E-state index is -2.66. The molecular weight excluding hydrogens is 368 g/mol. The van der Waals surface area contributed by atoms with E-state index in [0.717, 1.165) is 6.20 Å². The standard InChI is InChI=1S/C19H15F2N5O2/c1-26-17(27)19(25-18(26)22,15-6-5-12(8-23-15)16(20)21)13-4-2-3-11(7-13)14-9-28-10-24-14/h2-10,16H,1H3,(H2,22,25). The molecule has 9 heteroatoms. The normalized spacial score (nSPS) is 19.4. The Labute approximate surface area is 158 Å². The lowest BCUT2D eigenvalue weighted by Crippen LogP contribution is -2.41. The number of rotatable bonds is 4. The van der Waals surface area contributed by atoms with E-state index in [9.17, 15) is 13.6 Å². The van der Waals surface area contributed by atoms with Crippen molar-refractivity contribution in [1.29, 1.82) is 0 Å². The Hall–Kier alpha value is -3.62. The highest BCUT2D eigenvalue weighted by Gasteiger charge is 2.50. The van der Waals surface area contributed by atoms with Crippen molar-refractivity contribution in [3.8, 4) is 11.3 Å². The summed E-state index contributed by atoms with van der Waals surface area (Å²) in [5.41, 5.74) is 6.06. The van der Waals surface area contributed by atoms with Crippen LogP contribution in [0.1, 0.15) is 23.2 Å². The molecule has 0 saturated carbocycles. The molecule has 0 bridgehead atoms. The summed E-state index contributed by atoms with van der Waals surface area (Å²) < 4.78 is 30.9. The molecule has 7 nitrogen and oxygen atoms in total. The maximum Gasteiger partial charge on any atom is 0.267 e. The number of amides is 1. The first kappa shape index (κ1) is 17.8. The van der Waals surface area contributed by atoms with Crippen LogP contribution in [0.15, 0.2) is 64.7 Å². The fraction of sp³-hybridized carbons (Fsp3) is 0.158. The first-order valence-electron chi connectivity index (χ1n) is 8.30. The molecule has 1 aliphatic rings. The third kappa shape index (κ3) is 2.63. The van der Waals surface area contributed by atoms with Crippen LogP contribution >= 0.6 is 0 Å². The Kier molecular flexibility index (Phi) is 4.14. The van der Waals surface area contributed by atoms with Gasteiger partial charge in [0, 0.05) is 24.4 Å². The van der Waals surface area contributed by atoms with Gasteiger partial charge >= 0.3 is 0 Å². The van der Waals surface area contributed by atoms with Gasteiger partial charge in [0.1, 0.15) is 12.0 Å². The summed E-state index contributed by atoms with van der Waals surface area (Å²) in [5, 5.41) is 0. The van der Waals surface area contributed by atoms with Gasteiger partial charge < -0.3 is 10.2 Å². The first-order valence-corrected chi connectivity index (χ1v) is 8.30. The molecule has 0 aliphatic carbocycles. The van der Waals surface area contributed by atoms with E-state index in [1.165, 1.54) is 36.7 Å². The summed E-state index contributed by atoms with van der Waals surface area (Å²) >= 11 is 0. The third-order valence-electron chi connectivity index (χ3n) is 4.66. The molecule has 4 rings (SSSR count). The summed E-state index contributed by atoms with van der Waals surface area (Å²) in [4.78, 5) is 27.0. The molecule has 1 aromatic carbocycles. The summed E-state index contributed by atoms with van der Waals surface area (Å²) in [6, 6.07) is 9.59. The molecule has 0 spiro atoms. The van der Waals surface area contributed by atoms with E-state index in [1.54, 1.807) is 24.3 Å². The number of aliphatic imine (C=N–C) groups is 1. The predicted molar refractivity (Wildman–Crippen MR) is 96.3 cm³/mol. The van der Waals surface area contributed by atoms with Crippen LogP contribution in [-0.2, 0) is 10.3 Å². The largest absolute Gasteiger partial charge is 0.451 e. The van der Waals surface area contributed by atoms with Crippen molar-refractivity contribution in [3.05, 3.63) is 72.1 Å². The SMILES string of the molecule is CN1C(=O)C(c2cccc(-c3cocn3)c2)(c2ccc(C(F)F)cn2)N=C1N. The zero-order valence-electron chi connectivity index (χ0n) is 14.7. The molecule has 2 N–H and O–H groups in total. The molecule has 142 valence electrons. The van der Waals surface area contributed by atoms with Crippen molar-refractivity contribution in [2.45, 2.75) is 12.0 Å². The number of pyridine rings is 1. The minimum absolute atomic E-state index is 0.0107. The van der Waals surface area contributed by atoms with Gasteiger partial charge in [-0.25, -0.2) is 18.8 Å². The highest BCUT2D eigenvalue weighted by atomic mass is 19.3. The minimum Gasteiger partial charge on any atom is -0.451 e. The van der Waals surface area contributed by atoms with Crippen LogP contribution in [0.25, 0.3) is 11.3 Å². The van der Waals surface area contributed by atoms with Gasteiger partial charge in [-0.05, 0) is 23.8 Å². The molecule has 3 aromatic rings. The van der Waals surface area contributed by atoms with E-state index in [4.69, 9.17) is 10.2 Å². The number of carbonyl (C=O) groups is 1. The molecule has 1 aliphatic heterocycles. The van der Waals surface area contributed by atoms with Gasteiger partial charge in [0.2, 0.25) is 5.54 Å². The lowest BCUT2D eigenvalue weighted by Gasteiger charge is -2.25. The summed E-state index contributed by atoms with van der Waals surface area (Å²) in [7, 11) is 1.50. The number of guanidine groups is 1. The van der Waals surface area contributed by atoms with E-state index in [1.807, 2.05) is 0 Å². The van der Waals surface area contributed by atoms with E-state index < -0.39 is 17.9 Å². The number of hydrogen-bond acceptors (Lipinski definition) is 6. The predicted octanol–water partition coefficient (Wildman–Crippen LogP) is 2.70. The number of nitrogens with zero attached hydrogens (tertiary/aromatic N) is 4. The second-order valence-corrected chi connectivity index (χ2v) is 6.28. The average molecular weight is 383 g/mol. The Bertz CT molecular complexity index is 1050. The number of oxazole rings is 1. The maximum atomic E-state index is 13.2. The molecule has 0 saturated heterocycles. The second-order valence-electron chi connectivity index (χ2n) is 6.28. The molecule has 3 heterocycles. The van der Waals surface area contributed by atoms with Crippen LogP contribution in [0.4, 0.5) is 8.78 Å². The van der Waals surface area contributed by atoms with E-state index in [-0.39, 0.29) is 17.2 Å². The number of hydrogen-bond donors (Lipinski definition) is 1. The lowest BCUT2D eigenvalue weighted by atomic mass is 9.85. The maximum absolute atomic E-state index is 13.2. The molecule has 0 fully saturated rings. The van der Waals surface area contributed by atoms with Crippen LogP contribution < -0.4 is 5.73 Å². The summed E-state index contributed by atoms with van der Waals surface area (Å²) in [6.07, 6.45) is 1.15. The van der Waals surface area contributed by atoms with Crippen LogP contribution in [0.3, 0.4) is 0 Å². The third-order valence-corrected chi connectivity index (χ3v) is 4.66. The van der Waals surface area contributed by atoms with Crippen LogP contribution in [0, 0.1) is 0 Å². The van der Waals surface area contributed by atoms with E-state index >= 15 is 0 Å². The van der Waals surface area contributed by atoms with Gasteiger partial charge in [0.15, 0.2) is 12.4 Å². The van der Waals surface area contributed by atoms with Crippen LogP contribution in [0.2, 0.25) is 0 Å². The van der Waals surface area contributed by atoms with Crippen molar-refractivity contribution in [3.63, 3.8) is 0 Å². The number of aromatic nitrogens is 2. The lowest BCUT2D eigenvalue weighted by molar-refractivity contribution is -0.129. The molecular formula is C19H15F2N5O2. The molecule has 2 aromatic heterocycles. The topological polar surface area (TPSA) is 97.6 Å². The number of benzene rings is 1. The summed E-state index contributed by atoms with van der Waals surface area (Å²) in [6.45, 7) is 0. The van der Waals surface area contributed by atoms with Crippen molar-refractivity contribution in [2.75, 3.05) is 7.05 Å². The zero-order valence-corrected chi connectivity index (χ0v) is 14.7. The number of alkyl halides is 2. The Balaban J connectivity index is 1.91. The highest BCUT2D eigenvalue weighted by molar-refractivity contribution is 6.08. The van der Waals surface area contributed by atoms with Gasteiger partial charge in [-0.3, -0.25) is 14.7 Å². The summed E-state index contributed by atoms with van der Waals surface area (Å²) in [5.74, 6) is -0.420. The zero-order chi connectivity index (χ0) is 19.9. The highest BCUT2D eigenvalue weighted by Crippen LogP contribution is 2.39. The Morgan fingerprint density at radius 1 is 1.21 bits per heavy atom. The van der Waals surface area contributed by atoms with Gasteiger partial charge in [-0.2, -0.15) is 0 Å². The van der Waals surface area contributed by atoms with Crippen LogP contribution in [0.5, 0.6) is 0 Å². The number of nitrogens with two attached hydrogens (primary N) is 1. The molecule has 1 atom stereocenters. The van der Waals surface area contributed by atoms with E-state index in [2.05, 4.69) is 15.0 Å². The fourth-order valence-corrected chi connectivity index (χ4v) is 3.15. The molecule has 1 unspecified atom stereocenters. The molecule has 0 radical (unpaired) electrons. The monoisotopic (exact) mass is 383 g/mol. The van der Waals surface area contributed by atoms with Crippen molar-refractivity contribution < 1.29 is 18.0 Å². The van der Waals surface area contributed by atoms with Gasteiger partial charge in [-0.1, -0.05) is 18.2 Å². The van der Waals surface area contributed by atoms with Crippen molar-refractivity contribution in [2.24, 2.45) is 10.7 Å². The number of likely N-dealkylation sites (N-methyl/N-ethyl adjacent to an activating group) is 1. The Morgan fingerprint density at radius 3 is 2.61 bits per heavy atom. The Morgan fingerprint density at radius 2 is 2.04 bits per heavy atom. The molecule has 1 amide bonds. The quantitative estimate of drug-likeness (QED) is 0.747. The fourth-order valence-electron chi connectivity index (χ4n) is 3.15. The first-order chi connectivity index (χ1) is 13.4. The number of carbonyl (C=O) groups excluding carboxylic acids is 1. The number of halogens is 2. The van der Waals surface area contributed by atoms with Crippen molar-refractivity contribution in [1.82, 2.24) is 14.9 Å².